The summed E-state index contributed by atoms with van der Waals surface area (Å²) in [5.74, 6) is 0.700. The molecule has 0 bridgehead atoms. The van der Waals surface area contributed by atoms with Crippen molar-refractivity contribution >= 4 is 17.3 Å². The van der Waals surface area contributed by atoms with E-state index in [2.05, 4.69) is 0 Å². The number of hydrogen-bond acceptors (Lipinski definition) is 5. The van der Waals surface area contributed by atoms with Crippen LogP contribution in [0.4, 0.5) is 0 Å². The van der Waals surface area contributed by atoms with Gasteiger partial charge in [0.2, 0.25) is 0 Å². The Kier molecular flexibility index (Phi) is 5.53. The summed E-state index contributed by atoms with van der Waals surface area (Å²) in [6, 6.07) is 7.07. The summed E-state index contributed by atoms with van der Waals surface area (Å²) in [5, 5.41) is 0. The molecule has 3 rings (SSSR count). The van der Waals surface area contributed by atoms with E-state index in [1.807, 2.05) is 22.8 Å². The predicted octanol–water partition coefficient (Wildman–Crippen LogP) is 2.36. The number of imidazole rings is 1. The molecule has 0 saturated carbocycles. The number of methoxy groups -OCH3 is 2. The lowest BCUT2D eigenvalue weighted by molar-refractivity contribution is 0.0918. The maximum Gasteiger partial charge on any atom is 0.253 e. The second kappa shape index (κ2) is 7.85. The molecule has 142 valence electrons. The van der Waals surface area contributed by atoms with Crippen molar-refractivity contribution in [3.05, 3.63) is 51.9 Å². The fourth-order valence-electron chi connectivity index (χ4n) is 3.34. The molecular weight excluding hydrogens is 346 g/mol. The van der Waals surface area contributed by atoms with Crippen molar-refractivity contribution in [2.75, 3.05) is 27.4 Å². The zero-order valence-corrected chi connectivity index (χ0v) is 15.9. The number of carbonyl (C=O) groups excluding carboxylic acids is 1. The molecule has 27 heavy (non-hydrogen) atoms. The number of aldehydes is 1. The molecule has 7 nitrogen and oxygen atoms in total. The highest BCUT2D eigenvalue weighted by atomic mass is 16.5. The van der Waals surface area contributed by atoms with E-state index in [1.165, 1.54) is 0 Å². The first-order valence-corrected chi connectivity index (χ1v) is 8.62. The van der Waals surface area contributed by atoms with Crippen LogP contribution in [0, 0.1) is 6.92 Å². The first-order valence-electron chi connectivity index (χ1n) is 8.62. The zero-order chi connectivity index (χ0) is 19.6. The number of nitrogens with zero attached hydrogens (tertiary/aromatic N) is 3. The number of pyridine rings is 1. The predicted molar refractivity (Wildman–Crippen MR) is 103 cm³/mol. The number of ether oxygens (including phenoxy) is 2. The number of benzene rings is 1. The van der Waals surface area contributed by atoms with Crippen molar-refractivity contribution in [3.8, 4) is 11.4 Å². The zero-order valence-electron chi connectivity index (χ0n) is 15.9. The molecule has 7 heteroatoms. The third-order valence-corrected chi connectivity index (χ3v) is 4.55. The van der Waals surface area contributed by atoms with Gasteiger partial charge in [0.15, 0.2) is 0 Å². The number of fused-ring (bicyclic) bond motifs is 1. The quantitative estimate of drug-likeness (QED) is 0.598. The highest BCUT2D eigenvalue weighted by Gasteiger charge is 2.21. The van der Waals surface area contributed by atoms with E-state index < -0.39 is 0 Å². The van der Waals surface area contributed by atoms with Crippen molar-refractivity contribution < 1.29 is 14.3 Å². The van der Waals surface area contributed by atoms with Gasteiger partial charge in [0.05, 0.1) is 30.3 Å². The standard InChI is InChI=1S/C20H23N3O4/c1-13-7-15(9-22(2)20(13)25)19-21-17-6-5-14(10-24)8-18(17)23(19)16(11-26-3)12-27-4/h5-10,16H,11-12H2,1-4H3. The summed E-state index contributed by atoms with van der Waals surface area (Å²) in [7, 11) is 4.99. The van der Waals surface area contributed by atoms with E-state index in [9.17, 15) is 9.59 Å². The smallest absolute Gasteiger partial charge is 0.253 e. The van der Waals surface area contributed by atoms with Crippen LogP contribution in [0.2, 0.25) is 0 Å². The van der Waals surface area contributed by atoms with E-state index in [-0.39, 0.29) is 11.6 Å². The number of rotatable bonds is 7. The first-order chi connectivity index (χ1) is 13.0. The van der Waals surface area contributed by atoms with E-state index in [4.69, 9.17) is 14.5 Å². The summed E-state index contributed by atoms with van der Waals surface area (Å²) < 4.78 is 14.4. The van der Waals surface area contributed by atoms with Crippen molar-refractivity contribution in [3.63, 3.8) is 0 Å². The van der Waals surface area contributed by atoms with Crippen molar-refractivity contribution in [1.82, 2.24) is 14.1 Å². The van der Waals surface area contributed by atoms with Crippen molar-refractivity contribution in [2.45, 2.75) is 13.0 Å². The largest absolute Gasteiger partial charge is 0.382 e. The fraction of sp³-hybridized carbons (Fsp3) is 0.350. The third kappa shape index (κ3) is 3.56. The maximum absolute atomic E-state index is 12.1. The first kappa shape index (κ1) is 19.0. The van der Waals surface area contributed by atoms with E-state index in [0.29, 0.717) is 30.2 Å². The monoisotopic (exact) mass is 369 g/mol. The van der Waals surface area contributed by atoms with Gasteiger partial charge in [0, 0.05) is 44.2 Å². The van der Waals surface area contributed by atoms with Gasteiger partial charge in [0.25, 0.3) is 5.56 Å². The van der Waals surface area contributed by atoms with Gasteiger partial charge in [-0.3, -0.25) is 9.59 Å². The highest BCUT2D eigenvalue weighted by Crippen LogP contribution is 2.29. The molecule has 3 aromatic rings. The van der Waals surface area contributed by atoms with Crippen molar-refractivity contribution in [1.29, 1.82) is 0 Å². The molecule has 0 aliphatic rings. The van der Waals surface area contributed by atoms with Crippen LogP contribution < -0.4 is 5.56 Å². The second-order valence-electron chi connectivity index (χ2n) is 6.56. The number of aryl methyl sites for hydroxylation is 2. The lowest BCUT2D eigenvalue weighted by Crippen LogP contribution is -2.22. The van der Waals surface area contributed by atoms with Crippen LogP contribution >= 0.6 is 0 Å². The van der Waals surface area contributed by atoms with Crippen LogP contribution in [0.1, 0.15) is 22.0 Å². The number of carbonyl (C=O) groups is 1. The van der Waals surface area contributed by atoms with E-state index in [1.54, 1.807) is 45.0 Å². The molecule has 0 N–H and O–H groups in total. The Hall–Kier alpha value is -2.77. The van der Waals surface area contributed by atoms with Gasteiger partial charge in [-0.15, -0.1) is 0 Å². The molecule has 0 unspecified atom stereocenters. The average molecular weight is 369 g/mol. The van der Waals surface area contributed by atoms with Crippen molar-refractivity contribution in [2.24, 2.45) is 7.05 Å². The van der Waals surface area contributed by atoms with Gasteiger partial charge in [-0.25, -0.2) is 4.98 Å². The Morgan fingerprint density at radius 3 is 2.48 bits per heavy atom. The van der Waals surface area contributed by atoms with Gasteiger partial charge in [-0.05, 0) is 31.2 Å². The summed E-state index contributed by atoms with van der Waals surface area (Å²) in [5.41, 5.74) is 3.56. The average Bonchev–Trinajstić information content (AvgIpc) is 3.04. The molecule has 2 heterocycles. The summed E-state index contributed by atoms with van der Waals surface area (Å²) in [6.45, 7) is 2.62. The SMILES string of the molecule is COCC(COC)n1c(-c2cc(C)c(=O)n(C)c2)nc2ccc(C=O)cc21. The molecule has 0 spiro atoms. The Morgan fingerprint density at radius 2 is 1.89 bits per heavy atom. The minimum atomic E-state index is -0.139. The minimum absolute atomic E-state index is 0.0463. The lowest BCUT2D eigenvalue weighted by atomic mass is 10.1. The molecule has 1 aromatic carbocycles. The van der Waals surface area contributed by atoms with Gasteiger partial charge in [-0.2, -0.15) is 0 Å². The molecule has 2 aromatic heterocycles. The third-order valence-electron chi connectivity index (χ3n) is 4.55. The molecule has 0 atom stereocenters. The Balaban J connectivity index is 2.32. The Labute approximate surface area is 157 Å². The van der Waals surface area contributed by atoms with Crippen LogP contribution in [0.15, 0.2) is 35.3 Å². The van der Waals surface area contributed by atoms with Gasteiger partial charge in [0.1, 0.15) is 12.1 Å². The fourth-order valence-corrected chi connectivity index (χ4v) is 3.34. The van der Waals surface area contributed by atoms with Crippen LogP contribution in [0.25, 0.3) is 22.4 Å². The highest BCUT2D eigenvalue weighted by molar-refractivity contribution is 5.87. The van der Waals surface area contributed by atoms with Gasteiger partial charge >= 0.3 is 0 Å². The molecule has 0 saturated heterocycles. The molecule has 0 amide bonds. The lowest BCUT2D eigenvalue weighted by Gasteiger charge is -2.21. The summed E-state index contributed by atoms with van der Waals surface area (Å²) in [6.07, 6.45) is 2.58. The van der Waals surface area contributed by atoms with Crippen LogP contribution in [0.3, 0.4) is 0 Å². The molecule has 0 radical (unpaired) electrons. The summed E-state index contributed by atoms with van der Waals surface area (Å²) >= 11 is 0. The second-order valence-corrected chi connectivity index (χ2v) is 6.56. The van der Waals surface area contributed by atoms with Crippen LogP contribution in [0.5, 0.6) is 0 Å². The van der Waals surface area contributed by atoms with E-state index >= 15 is 0 Å². The summed E-state index contributed by atoms with van der Waals surface area (Å²) in [4.78, 5) is 28.1. The molecular formula is C20H23N3O4. The normalized spacial score (nSPS) is 11.4. The van der Waals surface area contributed by atoms with Crippen LogP contribution in [-0.2, 0) is 16.5 Å². The minimum Gasteiger partial charge on any atom is -0.382 e. The van der Waals surface area contributed by atoms with Crippen LogP contribution in [-0.4, -0.2) is 47.8 Å². The number of aromatic nitrogens is 3. The topological polar surface area (TPSA) is 75.3 Å². The Morgan fingerprint density at radius 1 is 1.19 bits per heavy atom. The van der Waals surface area contributed by atoms with Gasteiger partial charge in [-0.1, -0.05) is 0 Å². The maximum atomic E-state index is 12.1. The molecule has 0 aliphatic carbocycles. The molecule has 0 fully saturated rings. The van der Waals surface area contributed by atoms with Gasteiger partial charge < -0.3 is 18.6 Å². The Bertz CT molecular complexity index is 1000. The number of hydrogen-bond donors (Lipinski definition) is 0. The van der Waals surface area contributed by atoms with E-state index in [0.717, 1.165) is 22.9 Å². The molecule has 0 aliphatic heterocycles.